The fraction of sp³-hybridized carbons (Fsp3) is 0.520. The molecule has 2 atom stereocenters. The first-order valence-electron chi connectivity index (χ1n) is 10.9. The van der Waals surface area contributed by atoms with Gasteiger partial charge in [-0.25, -0.2) is 0 Å². The summed E-state index contributed by atoms with van der Waals surface area (Å²) >= 11 is 1.38. The number of nitrogens with zero attached hydrogens (tertiary/aromatic N) is 2. The van der Waals surface area contributed by atoms with Crippen molar-refractivity contribution >= 4 is 23.4 Å². The van der Waals surface area contributed by atoms with Crippen molar-refractivity contribution in [3.05, 3.63) is 57.8 Å². The van der Waals surface area contributed by atoms with Crippen molar-refractivity contribution in [3.63, 3.8) is 0 Å². The van der Waals surface area contributed by atoms with Crippen molar-refractivity contribution in [1.29, 1.82) is 0 Å². The van der Waals surface area contributed by atoms with Crippen LogP contribution in [-0.4, -0.2) is 63.1 Å². The van der Waals surface area contributed by atoms with Crippen molar-refractivity contribution in [2.45, 2.75) is 25.9 Å². The molecule has 0 spiro atoms. The molecule has 0 saturated heterocycles. The Morgan fingerprint density at radius 2 is 1.70 bits per heavy atom. The number of ketones is 1. The van der Waals surface area contributed by atoms with Crippen LogP contribution in [0, 0.1) is 17.3 Å². The molecule has 0 bridgehead atoms. The number of benzene rings is 1. The fourth-order valence-corrected chi connectivity index (χ4v) is 5.32. The summed E-state index contributed by atoms with van der Waals surface area (Å²) in [5, 5.41) is 1.86. The lowest BCUT2D eigenvalue weighted by molar-refractivity contribution is -0.137. The fourth-order valence-electron chi connectivity index (χ4n) is 4.55. The normalized spacial score (nSPS) is 14.5. The predicted octanol–water partition coefficient (Wildman–Crippen LogP) is 5.14. The highest BCUT2D eigenvalue weighted by molar-refractivity contribution is 7.12. The summed E-state index contributed by atoms with van der Waals surface area (Å²) in [5.41, 5.74) is -1.02. The molecule has 8 heteroatoms. The molecule has 4 nitrogen and oxygen atoms in total. The first kappa shape index (κ1) is 27.2. The van der Waals surface area contributed by atoms with Gasteiger partial charge in [0.2, 0.25) is 0 Å². The molecule has 2 aromatic rings. The van der Waals surface area contributed by atoms with E-state index in [1.807, 2.05) is 56.4 Å². The zero-order valence-corrected chi connectivity index (χ0v) is 20.7. The number of carbonyl (C=O) groups excluding carboxylic acids is 2. The van der Waals surface area contributed by atoms with E-state index in [1.54, 1.807) is 12.1 Å². The van der Waals surface area contributed by atoms with E-state index in [9.17, 15) is 22.8 Å². The Bertz CT molecular complexity index is 901. The smallest absolute Gasteiger partial charge is 0.308 e. The highest BCUT2D eigenvalue weighted by Crippen LogP contribution is 2.40. The van der Waals surface area contributed by atoms with Gasteiger partial charge in [0.05, 0.1) is 15.9 Å². The molecule has 0 aliphatic rings. The van der Waals surface area contributed by atoms with Gasteiger partial charge in [-0.1, -0.05) is 31.2 Å². The van der Waals surface area contributed by atoms with Gasteiger partial charge in [0.15, 0.2) is 5.78 Å². The number of aryl methyl sites for hydroxylation is 1. The molecule has 2 unspecified atom stereocenters. The zero-order chi connectivity index (χ0) is 24.8. The Balaban J connectivity index is 2.37. The lowest BCUT2D eigenvalue weighted by Gasteiger charge is -2.43. The molecule has 0 aliphatic heterocycles. The third kappa shape index (κ3) is 6.98. The van der Waals surface area contributed by atoms with E-state index in [0.29, 0.717) is 36.4 Å². The second kappa shape index (κ2) is 11.4. The molecule has 1 aromatic heterocycles. The topological polar surface area (TPSA) is 40.6 Å². The summed E-state index contributed by atoms with van der Waals surface area (Å²) in [6.45, 7) is 2.83. The second-order valence-corrected chi connectivity index (χ2v) is 10.2. The molecular formula is C25H33F3N2O2S. The van der Waals surface area contributed by atoms with E-state index < -0.39 is 23.1 Å². The molecular weight excluding hydrogens is 449 g/mol. The number of alkyl halides is 3. The van der Waals surface area contributed by atoms with E-state index in [-0.39, 0.29) is 11.7 Å². The molecule has 0 saturated carbocycles. The average Bonchev–Trinajstić information content (AvgIpc) is 3.26. The highest BCUT2D eigenvalue weighted by Gasteiger charge is 2.47. The van der Waals surface area contributed by atoms with Gasteiger partial charge in [-0.05, 0) is 70.0 Å². The molecule has 0 N–H and O–H groups in total. The van der Waals surface area contributed by atoms with Crippen LogP contribution in [0.3, 0.4) is 0 Å². The van der Waals surface area contributed by atoms with Crippen LogP contribution in [0.25, 0.3) is 0 Å². The minimum absolute atomic E-state index is 0.00156. The number of Topliss-reactive ketones (excluding diaryl/α,β-unsaturated/α-hetero) is 1. The van der Waals surface area contributed by atoms with Crippen LogP contribution in [-0.2, 0) is 17.4 Å². The molecule has 0 aliphatic carbocycles. The monoisotopic (exact) mass is 482 g/mol. The van der Waals surface area contributed by atoms with E-state index in [4.69, 9.17) is 0 Å². The summed E-state index contributed by atoms with van der Waals surface area (Å²) in [6, 6.07) is 8.85. The average molecular weight is 483 g/mol. The number of hydrogen-bond donors (Lipinski definition) is 0. The maximum absolute atomic E-state index is 13.8. The molecule has 1 heterocycles. The van der Waals surface area contributed by atoms with Gasteiger partial charge in [-0.3, -0.25) is 4.79 Å². The van der Waals surface area contributed by atoms with Crippen LogP contribution in [0.5, 0.6) is 0 Å². The number of thiophene rings is 1. The van der Waals surface area contributed by atoms with Gasteiger partial charge in [0.1, 0.15) is 6.29 Å². The maximum Gasteiger partial charge on any atom is 0.416 e. The van der Waals surface area contributed by atoms with E-state index >= 15 is 0 Å². The van der Waals surface area contributed by atoms with Crippen molar-refractivity contribution in [1.82, 2.24) is 9.80 Å². The summed E-state index contributed by atoms with van der Waals surface area (Å²) in [6.07, 6.45) is -2.86. The predicted molar refractivity (Wildman–Crippen MR) is 127 cm³/mol. The summed E-state index contributed by atoms with van der Waals surface area (Å²) in [5.74, 6) is -0.804. The standard InChI is InChI=1S/C25H33F3N2O2S/c1-18(20(15-31)12-11-19-8-6-9-21(14-19)25(26,27)28)24(16-29(2)3,17-30(4)5)23(32)22-10-7-13-33-22/h6-10,13-15,18,20H,11-12,16-17H2,1-5H3. The van der Waals surface area contributed by atoms with Crippen LogP contribution in [0.2, 0.25) is 0 Å². The van der Waals surface area contributed by atoms with Crippen molar-refractivity contribution in [2.24, 2.45) is 17.3 Å². The molecule has 0 amide bonds. The van der Waals surface area contributed by atoms with Crippen LogP contribution in [0.15, 0.2) is 41.8 Å². The Hall–Kier alpha value is -2.03. The lowest BCUT2D eigenvalue weighted by atomic mass is 9.65. The van der Waals surface area contributed by atoms with Crippen molar-refractivity contribution in [3.8, 4) is 0 Å². The van der Waals surface area contributed by atoms with Gasteiger partial charge < -0.3 is 14.6 Å². The molecule has 33 heavy (non-hydrogen) atoms. The van der Waals surface area contributed by atoms with Gasteiger partial charge in [-0.2, -0.15) is 13.2 Å². The minimum Gasteiger partial charge on any atom is -0.308 e. The Morgan fingerprint density at radius 3 is 2.18 bits per heavy atom. The van der Waals surface area contributed by atoms with Crippen molar-refractivity contribution < 1.29 is 22.8 Å². The molecule has 182 valence electrons. The first-order chi connectivity index (χ1) is 15.4. The first-order valence-corrected chi connectivity index (χ1v) is 11.8. The van der Waals surface area contributed by atoms with Crippen LogP contribution < -0.4 is 0 Å². The lowest BCUT2D eigenvalue weighted by Crippen LogP contribution is -2.53. The van der Waals surface area contributed by atoms with Crippen LogP contribution in [0.1, 0.15) is 34.1 Å². The van der Waals surface area contributed by atoms with E-state index in [1.165, 1.54) is 17.4 Å². The molecule has 0 fully saturated rings. The SMILES string of the molecule is CC(C(C=O)CCc1cccc(C(F)(F)F)c1)C(CN(C)C)(CN(C)C)C(=O)c1cccs1. The van der Waals surface area contributed by atoms with Gasteiger partial charge in [0, 0.05) is 19.0 Å². The quantitative estimate of drug-likeness (QED) is 0.310. The molecule has 2 rings (SSSR count). The number of halogens is 3. The minimum atomic E-state index is -4.41. The van der Waals surface area contributed by atoms with Gasteiger partial charge in [-0.15, -0.1) is 11.3 Å². The van der Waals surface area contributed by atoms with Gasteiger partial charge in [0.25, 0.3) is 0 Å². The number of hydrogen-bond acceptors (Lipinski definition) is 5. The summed E-state index contributed by atoms with van der Waals surface area (Å²) in [7, 11) is 7.60. The molecule has 1 aromatic carbocycles. The third-order valence-electron chi connectivity index (χ3n) is 6.10. The van der Waals surface area contributed by atoms with Crippen molar-refractivity contribution in [2.75, 3.05) is 41.3 Å². The summed E-state index contributed by atoms with van der Waals surface area (Å²) < 4.78 is 39.2. The van der Waals surface area contributed by atoms with Gasteiger partial charge >= 0.3 is 6.18 Å². The second-order valence-electron chi connectivity index (χ2n) is 9.26. The maximum atomic E-state index is 13.8. The van der Waals surface area contributed by atoms with Crippen LogP contribution in [0.4, 0.5) is 13.2 Å². The Kier molecular flexibility index (Phi) is 9.40. The Morgan fingerprint density at radius 1 is 1.06 bits per heavy atom. The number of carbonyl (C=O) groups is 2. The molecule has 0 radical (unpaired) electrons. The largest absolute Gasteiger partial charge is 0.416 e. The van der Waals surface area contributed by atoms with E-state index in [0.717, 1.165) is 18.4 Å². The number of rotatable bonds is 12. The van der Waals surface area contributed by atoms with E-state index in [2.05, 4.69) is 0 Å². The highest BCUT2D eigenvalue weighted by atomic mass is 32.1. The number of aldehydes is 1. The van der Waals surface area contributed by atoms with Crippen LogP contribution >= 0.6 is 11.3 Å². The Labute approximate surface area is 198 Å². The zero-order valence-electron chi connectivity index (χ0n) is 19.9. The summed E-state index contributed by atoms with van der Waals surface area (Å²) in [4.78, 5) is 30.6. The third-order valence-corrected chi connectivity index (χ3v) is 6.97.